The quantitative estimate of drug-likeness (QED) is 0.544. The average molecular weight is 306 g/mol. The Morgan fingerprint density at radius 1 is 1.37 bits per heavy atom. The van der Waals surface area contributed by atoms with Gasteiger partial charge in [0.25, 0.3) is 0 Å². The molecule has 2 heterocycles. The van der Waals surface area contributed by atoms with Crippen LogP contribution in [0, 0.1) is 0 Å². The van der Waals surface area contributed by atoms with Crippen molar-refractivity contribution < 1.29 is 14.3 Å². The minimum Gasteiger partial charge on any atom is -0.485 e. The van der Waals surface area contributed by atoms with Gasteiger partial charge in [0.1, 0.15) is 12.2 Å². The van der Waals surface area contributed by atoms with Crippen molar-refractivity contribution in [3.63, 3.8) is 0 Å². The van der Waals surface area contributed by atoms with Crippen LogP contribution in [0.15, 0.2) is 0 Å². The zero-order valence-electron chi connectivity index (χ0n) is 10.7. The molecule has 0 fully saturated rings. The second-order valence-electron chi connectivity index (χ2n) is 4.92. The lowest BCUT2D eigenvalue weighted by Crippen LogP contribution is -2.42. The number of hydrogen-bond acceptors (Lipinski definition) is 5. The molecule has 0 saturated heterocycles. The van der Waals surface area contributed by atoms with Gasteiger partial charge < -0.3 is 9.47 Å². The van der Waals surface area contributed by atoms with Crippen molar-refractivity contribution >= 4 is 35.1 Å². The zero-order valence-corrected chi connectivity index (χ0v) is 12.2. The Hall–Kier alpha value is -1.27. The molecule has 0 aromatic carbocycles. The van der Waals surface area contributed by atoms with Gasteiger partial charge in [0, 0.05) is 0 Å². The van der Waals surface area contributed by atoms with Crippen LogP contribution in [-0.2, 0) is 4.74 Å². The maximum absolute atomic E-state index is 12.1. The fourth-order valence-corrected chi connectivity index (χ4v) is 1.96. The van der Waals surface area contributed by atoms with E-state index in [1.807, 2.05) is 0 Å². The summed E-state index contributed by atoms with van der Waals surface area (Å²) in [7, 11) is 0. The van der Waals surface area contributed by atoms with Crippen molar-refractivity contribution in [2.75, 3.05) is 18.1 Å². The first-order valence-electron chi connectivity index (χ1n) is 5.64. The molecule has 0 radical (unpaired) electrons. The van der Waals surface area contributed by atoms with E-state index >= 15 is 0 Å². The van der Waals surface area contributed by atoms with E-state index < -0.39 is 11.7 Å². The average Bonchev–Trinajstić information content (AvgIpc) is 2.25. The smallest absolute Gasteiger partial charge is 0.416 e. The van der Waals surface area contributed by atoms with E-state index in [0.29, 0.717) is 6.54 Å². The van der Waals surface area contributed by atoms with Crippen LogP contribution < -0.4 is 9.64 Å². The number of fused-ring (bicyclic) bond motifs is 1. The highest BCUT2D eigenvalue weighted by atomic mass is 35.5. The Kier molecular flexibility index (Phi) is 3.73. The maximum Gasteiger partial charge on any atom is 0.416 e. The third kappa shape index (κ3) is 3.19. The third-order valence-electron chi connectivity index (χ3n) is 2.21. The van der Waals surface area contributed by atoms with Gasteiger partial charge in [0.05, 0.1) is 6.54 Å². The molecule has 1 aromatic rings. The van der Waals surface area contributed by atoms with Crippen LogP contribution in [0.2, 0.25) is 10.4 Å². The van der Waals surface area contributed by atoms with Gasteiger partial charge in [-0.25, -0.2) is 9.78 Å². The summed E-state index contributed by atoms with van der Waals surface area (Å²) in [5.74, 6) is 0.466. The lowest BCUT2D eigenvalue weighted by molar-refractivity contribution is 0.0566. The van der Waals surface area contributed by atoms with Gasteiger partial charge in [-0.1, -0.05) is 11.6 Å². The lowest BCUT2D eigenvalue weighted by Gasteiger charge is -2.30. The maximum atomic E-state index is 12.1. The number of aromatic nitrogens is 2. The molecule has 1 aromatic heterocycles. The topological polar surface area (TPSA) is 64.5 Å². The Balaban J connectivity index is 2.34. The summed E-state index contributed by atoms with van der Waals surface area (Å²) in [6.07, 6.45) is -0.525. The van der Waals surface area contributed by atoms with Gasteiger partial charge in [-0.3, -0.25) is 4.90 Å². The number of carbonyl (C=O) groups is 1. The predicted octanol–water partition coefficient (Wildman–Crippen LogP) is 2.92. The summed E-state index contributed by atoms with van der Waals surface area (Å²) in [5, 5.41) is 0.0195. The number of nitrogens with zero attached hydrogens (tertiary/aromatic N) is 3. The molecule has 8 heteroatoms. The Morgan fingerprint density at radius 2 is 2.05 bits per heavy atom. The van der Waals surface area contributed by atoms with E-state index in [4.69, 9.17) is 32.7 Å². The van der Waals surface area contributed by atoms with Crippen LogP contribution in [0.25, 0.3) is 0 Å². The Labute approximate surface area is 120 Å². The molecule has 0 bridgehead atoms. The van der Waals surface area contributed by atoms with E-state index in [1.165, 1.54) is 4.90 Å². The molecular formula is C11H13Cl2N3O3. The summed E-state index contributed by atoms with van der Waals surface area (Å²) in [5.41, 5.74) is -0.601. The molecule has 0 N–H and O–H groups in total. The molecule has 19 heavy (non-hydrogen) atoms. The summed E-state index contributed by atoms with van der Waals surface area (Å²) < 4.78 is 10.7. The van der Waals surface area contributed by atoms with Crippen LogP contribution in [0.4, 0.5) is 10.6 Å². The first kappa shape index (κ1) is 14.1. The Morgan fingerprint density at radius 3 is 2.68 bits per heavy atom. The predicted molar refractivity (Wildman–Crippen MR) is 71.1 cm³/mol. The second kappa shape index (κ2) is 5.02. The first-order chi connectivity index (χ1) is 8.78. The zero-order chi connectivity index (χ0) is 14.2. The molecule has 1 amide bonds. The van der Waals surface area contributed by atoms with Crippen LogP contribution in [0.3, 0.4) is 0 Å². The minimum atomic E-state index is -0.601. The standard InChI is InChI=1S/C11H13Cl2N3O3/c1-11(2,3)19-10(17)16-4-5-18-6-7(12)14-9(13)15-8(6)16/h4-5H2,1-3H3. The number of anilines is 1. The monoisotopic (exact) mass is 305 g/mol. The van der Waals surface area contributed by atoms with Crippen molar-refractivity contribution in [1.82, 2.24) is 9.97 Å². The second-order valence-corrected chi connectivity index (χ2v) is 5.61. The molecule has 2 rings (SSSR count). The fraction of sp³-hybridized carbons (Fsp3) is 0.545. The largest absolute Gasteiger partial charge is 0.485 e. The summed E-state index contributed by atoms with van der Waals surface area (Å²) in [4.78, 5) is 21.2. The molecule has 0 atom stereocenters. The van der Waals surface area contributed by atoms with Crippen LogP contribution >= 0.6 is 23.2 Å². The van der Waals surface area contributed by atoms with E-state index in [-0.39, 0.29) is 28.6 Å². The molecule has 6 nitrogen and oxygen atoms in total. The molecule has 0 saturated carbocycles. The number of rotatable bonds is 0. The third-order valence-corrected chi connectivity index (χ3v) is 2.64. The molecule has 0 unspecified atom stereocenters. The summed E-state index contributed by atoms with van der Waals surface area (Å²) >= 11 is 11.7. The number of ether oxygens (including phenoxy) is 2. The van der Waals surface area contributed by atoms with Gasteiger partial charge in [0.2, 0.25) is 5.28 Å². The fourth-order valence-electron chi connectivity index (χ4n) is 1.53. The van der Waals surface area contributed by atoms with E-state index in [1.54, 1.807) is 20.8 Å². The van der Waals surface area contributed by atoms with Crippen LogP contribution in [0.1, 0.15) is 20.8 Å². The highest BCUT2D eigenvalue weighted by Crippen LogP contribution is 2.36. The van der Waals surface area contributed by atoms with Crippen molar-refractivity contribution in [2.45, 2.75) is 26.4 Å². The van der Waals surface area contributed by atoms with Crippen molar-refractivity contribution in [2.24, 2.45) is 0 Å². The summed E-state index contributed by atoms with van der Waals surface area (Å²) in [6, 6.07) is 0. The highest BCUT2D eigenvalue weighted by molar-refractivity contribution is 6.33. The van der Waals surface area contributed by atoms with E-state index in [9.17, 15) is 4.79 Å². The number of halogens is 2. The summed E-state index contributed by atoms with van der Waals surface area (Å²) in [6.45, 7) is 5.95. The van der Waals surface area contributed by atoms with E-state index in [2.05, 4.69) is 9.97 Å². The molecule has 1 aliphatic heterocycles. The highest BCUT2D eigenvalue weighted by Gasteiger charge is 2.31. The van der Waals surface area contributed by atoms with Gasteiger partial charge in [-0.05, 0) is 32.4 Å². The van der Waals surface area contributed by atoms with Crippen molar-refractivity contribution in [1.29, 1.82) is 0 Å². The lowest BCUT2D eigenvalue weighted by atomic mass is 10.2. The Bertz CT molecular complexity index is 517. The molecule has 1 aliphatic rings. The van der Waals surface area contributed by atoms with Gasteiger partial charge >= 0.3 is 6.09 Å². The molecule has 0 aliphatic carbocycles. The van der Waals surface area contributed by atoms with Crippen LogP contribution in [-0.4, -0.2) is 34.8 Å². The number of carbonyl (C=O) groups excluding carboxylic acids is 1. The van der Waals surface area contributed by atoms with Crippen LogP contribution in [0.5, 0.6) is 5.75 Å². The first-order valence-corrected chi connectivity index (χ1v) is 6.40. The molecule has 0 spiro atoms. The van der Waals surface area contributed by atoms with Gasteiger partial charge in [0.15, 0.2) is 16.7 Å². The number of hydrogen-bond donors (Lipinski definition) is 0. The molecule has 104 valence electrons. The van der Waals surface area contributed by atoms with Crippen molar-refractivity contribution in [3.8, 4) is 5.75 Å². The van der Waals surface area contributed by atoms with Gasteiger partial charge in [-0.15, -0.1) is 0 Å². The normalized spacial score (nSPS) is 14.7. The number of amides is 1. The van der Waals surface area contributed by atoms with Crippen molar-refractivity contribution in [3.05, 3.63) is 10.4 Å². The van der Waals surface area contributed by atoms with E-state index in [0.717, 1.165) is 0 Å². The van der Waals surface area contributed by atoms with Gasteiger partial charge in [-0.2, -0.15) is 4.98 Å². The minimum absolute atomic E-state index is 0.0530. The SMILES string of the molecule is CC(C)(C)OC(=O)N1CCOc2c(Cl)nc(Cl)nc21. The molecular weight excluding hydrogens is 293 g/mol.